The molecule has 25 rings (SSSR count). The van der Waals surface area contributed by atoms with Crippen LogP contribution in [0, 0.1) is 17.6 Å². The Labute approximate surface area is 832 Å². The van der Waals surface area contributed by atoms with E-state index in [2.05, 4.69) is 175 Å². The predicted octanol–water partition coefficient (Wildman–Crippen LogP) is 19.8. The summed E-state index contributed by atoms with van der Waals surface area (Å²) < 4.78 is 75.9. The third-order valence-corrected chi connectivity index (χ3v) is 28.5. The second-order valence-corrected chi connectivity index (χ2v) is 42.1. The van der Waals surface area contributed by atoms with E-state index in [0.29, 0.717) is 118 Å². The molecule has 12 N–H and O–H groups in total. The van der Waals surface area contributed by atoms with Crippen LogP contribution in [0.2, 0.25) is 0 Å². The van der Waals surface area contributed by atoms with Crippen molar-refractivity contribution in [2.45, 2.75) is 65.0 Å². The molecule has 1 saturated carbocycles. The van der Waals surface area contributed by atoms with E-state index in [1.807, 2.05) is 91.0 Å². The molecular formula is C104H87F2N31O4S4. The average molecular weight is 2000 g/mol. The highest BCUT2D eigenvalue weighted by molar-refractivity contribution is 7.90. The average Bonchev–Trinajstić information content (AvgIpc) is 1.63. The minimum absolute atomic E-state index is 0.0640. The van der Waals surface area contributed by atoms with Crippen molar-refractivity contribution < 1.29 is 25.6 Å². The van der Waals surface area contributed by atoms with E-state index in [0.717, 1.165) is 151 Å². The Morgan fingerprint density at radius 1 is 0.393 bits per heavy atom. The third kappa shape index (κ3) is 20.3. The highest BCUT2D eigenvalue weighted by Crippen LogP contribution is 2.41. The summed E-state index contributed by atoms with van der Waals surface area (Å²) in [6, 6.07) is 35.6. The van der Waals surface area contributed by atoms with Crippen LogP contribution >= 0.6 is 22.7 Å². The van der Waals surface area contributed by atoms with Gasteiger partial charge >= 0.3 is 0 Å². The maximum atomic E-state index is 14.6. The van der Waals surface area contributed by atoms with Gasteiger partial charge in [-0.05, 0) is 175 Å². The zero-order valence-corrected chi connectivity index (χ0v) is 81.2. The summed E-state index contributed by atoms with van der Waals surface area (Å²) >= 11 is 3.33. The second-order valence-electron chi connectivity index (χ2n) is 35.7. The lowest BCUT2D eigenvalue weighted by molar-refractivity contribution is 0.489. The van der Waals surface area contributed by atoms with E-state index in [1.165, 1.54) is 62.5 Å². The summed E-state index contributed by atoms with van der Waals surface area (Å²) in [6.07, 6.45) is 43.3. The molecule has 1 aliphatic carbocycles. The Kier molecular flexibility index (Phi) is 25.4. The number of halogens is 2. The van der Waals surface area contributed by atoms with E-state index in [1.54, 1.807) is 128 Å². The van der Waals surface area contributed by atoms with E-state index >= 15 is 0 Å². The van der Waals surface area contributed by atoms with Crippen molar-refractivity contribution >= 4 is 142 Å². The van der Waals surface area contributed by atoms with Crippen LogP contribution in [-0.2, 0) is 39.1 Å². The van der Waals surface area contributed by atoms with Gasteiger partial charge in [0.05, 0.1) is 102 Å². The van der Waals surface area contributed by atoms with E-state index in [9.17, 15) is 25.6 Å². The van der Waals surface area contributed by atoms with Crippen molar-refractivity contribution in [1.29, 1.82) is 0 Å². The Balaban J connectivity index is 0.000000112. The Hall–Kier alpha value is -17.3. The number of aryl methyl sites for hydroxylation is 2. The summed E-state index contributed by atoms with van der Waals surface area (Å²) in [5, 5.41) is 44.1. The molecule has 2 aromatic carbocycles. The number of benzene rings is 2. The third-order valence-electron chi connectivity index (χ3n) is 24.8. The lowest BCUT2D eigenvalue weighted by atomic mass is 10.0. The number of nitrogens with one attached hydrogen (secondary N) is 10. The number of fused-ring (bicyclic) bond motifs is 8. The standard InChI is InChI=1S/C33H33FN8O2S.C29H27FN8O2S.C21H14N8S.C21H13N7S/c1-45(43,44)7-6-21-8-23(11-26(34)10-21)28-18-37-19-29-30(28)40-33(39-29)31-27-12-25(17-38-32(27)42-41-31)24-9-22(15-36-16-24)14-35-13-20-4-2-3-5-20;1-16(2)34-22-9-19(11-31-13-22)20-10-23-27(37-38-28(23)33-12-20)29-35-25-15-32-14-24(26(25)36-29)18-6-17(7-21(30)8-18)4-5-41(3,39)40;22-13-4-11(6-23-8-13)12-5-14-19(28-29-20(14)25-7-12)21-26-16-10-24-9-15(18(16)27-21)17-2-1-3-30-17;1-3-12(8-22-5-1)13-7-14-19(27-28-20(14)24-9-13)21-25-16-11-23-10-15(18(16)26-21)17-4-2-6-29-17/h8-12,15-20,35H,2-7,13-14H2,1H3,(H,39,40)(H,38,41,42);6-16,34H,4-5H2,1-3H3,(H,35,36)(H,33,37,38);1-10H,22H2,(H,26,27)(H,25,28,29);1-11H,(H,25,26)(H,24,27,28). The van der Waals surface area contributed by atoms with Crippen molar-refractivity contribution in [3.05, 3.63) is 278 Å². The number of rotatable bonds is 24. The fourth-order valence-electron chi connectivity index (χ4n) is 17.8. The number of thiophene rings is 2. The number of sulfone groups is 2. The number of imidazole rings is 4. The van der Waals surface area contributed by atoms with Gasteiger partial charge in [0.2, 0.25) is 0 Å². The molecule has 0 spiro atoms. The fourth-order valence-corrected chi connectivity index (χ4v) is 20.5. The molecule has 0 saturated heterocycles. The lowest BCUT2D eigenvalue weighted by Gasteiger charge is -2.11. The van der Waals surface area contributed by atoms with Crippen LogP contribution in [0.4, 0.5) is 20.2 Å². The van der Waals surface area contributed by atoms with Gasteiger partial charge in [-0.15, -0.1) is 22.7 Å². The van der Waals surface area contributed by atoms with Gasteiger partial charge in [-0.2, -0.15) is 20.4 Å². The van der Waals surface area contributed by atoms with Gasteiger partial charge in [0.15, 0.2) is 45.9 Å². The molecule has 0 atom stereocenters. The first-order valence-electron chi connectivity index (χ1n) is 46.3. The molecule has 41 heteroatoms. The van der Waals surface area contributed by atoms with Gasteiger partial charge in [0.25, 0.3) is 0 Å². The van der Waals surface area contributed by atoms with Gasteiger partial charge in [0, 0.05) is 201 Å². The number of hydrogen-bond donors (Lipinski definition) is 11. The normalized spacial score (nSPS) is 12.5. The zero-order valence-electron chi connectivity index (χ0n) is 77.9. The van der Waals surface area contributed by atoms with Gasteiger partial charge in [0.1, 0.15) is 65.1 Å². The zero-order chi connectivity index (χ0) is 99.0. The number of nitrogen functional groups attached to an aromatic ring is 1. The number of hydrogen-bond acceptors (Lipinski definition) is 29. The Morgan fingerprint density at radius 3 is 1.18 bits per heavy atom. The number of aromatic nitrogens is 28. The highest BCUT2D eigenvalue weighted by Gasteiger charge is 2.26. The first kappa shape index (κ1) is 92.7. The van der Waals surface area contributed by atoms with Crippen LogP contribution < -0.4 is 16.4 Å². The maximum Gasteiger partial charge on any atom is 0.181 e. The molecule has 145 heavy (non-hydrogen) atoms. The van der Waals surface area contributed by atoms with E-state index in [-0.39, 0.29) is 30.4 Å². The molecule has 0 aliphatic heterocycles. The number of pyridine rings is 12. The number of aromatic amines is 8. The monoisotopic (exact) mass is 2000 g/mol. The maximum absolute atomic E-state index is 14.6. The van der Waals surface area contributed by atoms with Crippen molar-refractivity contribution in [3.8, 4) is 134 Å². The number of nitrogens with zero attached hydrogens (tertiary/aromatic N) is 20. The first-order valence-corrected chi connectivity index (χ1v) is 52.2. The molecule has 22 aromatic heterocycles. The van der Waals surface area contributed by atoms with Crippen LogP contribution in [0.1, 0.15) is 56.2 Å². The topological polar surface area (TPSA) is 502 Å². The van der Waals surface area contributed by atoms with Crippen LogP contribution in [0.15, 0.2) is 250 Å². The number of nitrogens with two attached hydrogens (primary N) is 1. The van der Waals surface area contributed by atoms with Crippen molar-refractivity contribution in [1.82, 2.24) is 146 Å². The SMILES string of the molecule is CC(C)Nc1cncc(-c2cnc3n[nH]c(-c4nc5c(-c6cc(F)cc(CCS(C)(=O)=O)c6)cncc5[nH]4)c3c2)c1.CS(=O)(=O)CCc1cc(F)cc(-c2cncc3[nH]c(-c4[nH]nc5ncc(-c6cncc(CNCC7CCCC7)c6)cc45)nc23)c1.Nc1cncc(-c2cnc3n[nH]c(-c4nc5c(-c6cccs6)cncc5[nH]4)c3c2)c1.c1cncc(-c2cnc3n[nH]c(-c4nc5c(-c6cccs6)cncc5[nH]4)c3c2)c1. The van der Waals surface area contributed by atoms with Gasteiger partial charge in [-0.1, -0.05) is 43.2 Å². The summed E-state index contributed by atoms with van der Waals surface area (Å²) in [5.41, 5.74) is 32.8. The van der Waals surface area contributed by atoms with E-state index in [4.69, 9.17) is 25.7 Å². The quantitative estimate of drug-likeness (QED) is 0.0268. The molecule has 0 radical (unpaired) electrons. The van der Waals surface area contributed by atoms with Gasteiger partial charge < -0.3 is 36.3 Å². The molecule has 35 nitrogen and oxygen atoms in total. The second kappa shape index (κ2) is 39.7. The van der Waals surface area contributed by atoms with Gasteiger partial charge in [-0.3, -0.25) is 60.3 Å². The highest BCUT2D eigenvalue weighted by atomic mass is 32.2. The smallest absolute Gasteiger partial charge is 0.181 e. The van der Waals surface area contributed by atoms with Crippen LogP contribution in [0.5, 0.6) is 0 Å². The number of H-pyrrole nitrogens is 8. The van der Waals surface area contributed by atoms with E-state index < -0.39 is 31.3 Å². The summed E-state index contributed by atoms with van der Waals surface area (Å²) in [6.45, 7) is 5.94. The molecule has 24 aromatic rings. The van der Waals surface area contributed by atoms with Crippen molar-refractivity contribution in [3.63, 3.8) is 0 Å². The van der Waals surface area contributed by atoms with Crippen LogP contribution in [0.25, 0.3) is 222 Å². The Bertz CT molecular complexity index is 9190. The minimum Gasteiger partial charge on any atom is -0.397 e. The van der Waals surface area contributed by atoms with Crippen molar-refractivity contribution in [2.24, 2.45) is 5.92 Å². The summed E-state index contributed by atoms with van der Waals surface area (Å²) in [7, 11) is -6.38. The minimum atomic E-state index is -3.19. The summed E-state index contributed by atoms with van der Waals surface area (Å²) in [4.78, 5) is 87.8. The lowest BCUT2D eigenvalue weighted by Crippen LogP contribution is -2.20. The Morgan fingerprint density at radius 2 is 0.772 bits per heavy atom. The molecule has 0 amide bonds. The van der Waals surface area contributed by atoms with Crippen LogP contribution in [0.3, 0.4) is 0 Å². The molecule has 0 unspecified atom stereocenters. The number of anilines is 2. The first-order chi connectivity index (χ1) is 70.5. The molecule has 1 aliphatic rings. The van der Waals surface area contributed by atoms with Crippen molar-refractivity contribution in [2.75, 3.05) is 41.6 Å². The molecule has 1 fully saturated rings. The molecular weight excluding hydrogens is 1910 g/mol. The largest absolute Gasteiger partial charge is 0.397 e. The molecule has 22 heterocycles. The van der Waals surface area contributed by atoms with Gasteiger partial charge in [-0.25, -0.2) is 65.5 Å². The summed E-state index contributed by atoms with van der Waals surface area (Å²) in [5.74, 6) is 2.19. The molecule has 0 bridgehead atoms. The fraction of sp³-hybridized carbons (Fsp3) is 0.154. The predicted molar refractivity (Wildman–Crippen MR) is 561 cm³/mol. The van der Waals surface area contributed by atoms with Crippen LogP contribution in [-0.4, -0.2) is 194 Å². The molecule has 720 valence electrons.